The molecule has 19 heavy (non-hydrogen) atoms. The molecule has 6 nitrogen and oxygen atoms in total. The number of alkyl halides is 3. The van der Waals surface area contributed by atoms with Crippen molar-refractivity contribution in [2.75, 3.05) is 6.54 Å². The second-order valence-electron chi connectivity index (χ2n) is 4.39. The molecule has 1 aliphatic heterocycles. The Morgan fingerprint density at radius 3 is 2.63 bits per heavy atom. The molecule has 1 unspecified atom stereocenters. The fraction of sp³-hybridized carbons (Fsp3) is 0.700. The average molecular weight is 277 g/mol. The molecular formula is C10H14F3N5O. The van der Waals surface area contributed by atoms with Crippen molar-refractivity contribution >= 4 is 5.91 Å². The molecule has 106 valence electrons. The van der Waals surface area contributed by atoms with Gasteiger partial charge in [-0.15, -0.1) is 10.2 Å². The zero-order valence-electron chi connectivity index (χ0n) is 10.3. The Morgan fingerprint density at radius 2 is 2.11 bits per heavy atom. The average Bonchev–Trinajstić information content (AvgIpc) is 2.71. The van der Waals surface area contributed by atoms with Crippen LogP contribution in [0, 0.1) is 0 Å². The molecule has 0 spiro atoms. The molecule has 2 rings (SSSR count). The van der Waals surface area contributed by atoms with Gasteiger partial charge < -0.3 is 10.3 Å². The molecule has 0 aromatic carbocycles. The van der Waals surface area contributed by atoms with Crippen molar-refractivity contribution in [2.24, 2.45) is 5.73 Å². The van der Waals surface area contributed by atoms with Crippen molar-refractivity contribution in [3.8, 4) is 0 Å². The van der Waals surface area contributed by atoms with Crippen LogP contribution < -0.4 is 5.73 Å². The van der Waals surface area contributed by atoms with E-state index in [1.165, 1.54) is 0 Å². The van der Waals surface area contributed by atoms with Gasteiger partial charge in [-0.3, -0.25) is 9.69 Å². The summed E-state index contributed by atoms with van der Waals surface area (Å²) in [5.74, 6) is -1.26. The van der Waals surface area contributed by atoms with E-state index in [1.54, 1.807) is 11.8 Å². The van der Waals surface area contributed by atoms with Gasteiger partial charge in [-0.05, 0) is 6.42 Å². The summed E-state index contributed by atoms with van der Waals surface area (Å²) >= 11 is 0. The number of carbonyl (C=O) groups is 1. The highest BCUT2D eigenvalue weighted by Gasteiger charge is 2.40. The molecule has 0 fully saturated rings. The van der Waals surface area contributed by atoms with Crippen molar-refractivity contribution in [1.29, 1.82) is 0 Å². The first-order valence-electron chi connectivity index (χ1n) is 5.87. The first-order chi connectivity index (χ1) is 8.84. The van der Waals surface area contributed by atoms with Crippen molar-refractivity contribution in [2.45, 2.75) is 38.7 Å². The maximum absolute atomic E-state index is 12.6. The molecule has 0 bridgehead atoms. The van der Waals surface area contributed by atoms with Gasteiger partial charge in [-0.2, -0.15) is 13.2 Å². The fourth-order valence-corrected chi connectivity index (χ4v) is 2.29. The smallest absolute Gasteiger partial charge is 0.368 e. The van der Waals surface area contributed by atoms with Crippen LogP contribution in [0.1, 0.15) is 25.0 Å². The summed E-state index contributed by atoms with van der Waals surface area (Å²) in [6, 6.07) is -0.486. The number of nitrogens with zero attached hydrogens (tertiary/aromatic N) is 4. The van der Waals surface area contributed by atoms with Crippen LogP contribution in [-0.4, -0.2) is 38.2 Å². The van der Waals surface area contributed by atoms with Crippen molar-refractivity contribution in [3.05, 3.63) is 11.6 Å². The Balaban J connectivity index is 2.22. The monoisotopic (exact) mass is 277 g/mol. The Kier molecular flexibility index (Phi) is 3.48. The lowest BCUT2D eigenvalue weighted by molar-refractivity contribution is -0.148. The molecule has 1 aromatic rings. The third kappa shape index (κ3) is 2.55. The van der Waals surface area contributed by atoms with Gasteiger partial charge in [-0.25, -0.2) is 0 Å². The van der Waals surface area contributed by atoms with Crippen LogP contribution >= 0.6 is 0 Å². The number of hydrogen-bond acceptors (Lipinski definition) is 4. The molecule has 1 amide bonds. The van der Waals surface area contributed by atoms with E-state index in [2.05, 4.69) is 10.2 Å². The Bertz CT molecular complexity index is 484. The van der Waals surface area contributed by atoms with E-state index in [1.807, 2.05) is 0 Å². The number of halogens is 3. The van der Waals surface area contributed by atoms with Crippen molar-refractivity contribution in [1.82, 2.24) is 19.7 Å². The van der Waals surface area contributed by atoms with Gasteiger partial charge in [0.05, 0.1) is 12.6 Å². The van der Waals surface area contributed by atoms with E-state index in [4.69, 9.17) is 5.73 Å². The number of amides is 1. The van der Waals surface area contributed by atoms with Crippen LogP contribution in [0.5, 0.6) is 0 Å². The maximum atomic E-state index is 12.6. The normalized spacial score (nSPS) is 18.1. The third-order valence-electron chi connectivity index (χ3n) is 3.19. The quantitative estimate of drug-likeness (QED) is 0.866. The highest BCUT2D eigenvalue weighted by Crippen LogP contribution is 2.29. The van der Waals surface area contributed by atoms with Crippen LogP contribution in [0.2, 0.25) is 0 Å². The van der Waals surface area contributed by atoms with Gasteiger partial charge in [0.2, 0.25) is 11.7 Å². The topological polar surface area (TPSA) is 77.0 Å². The van der Waals surface area contributed by atoms with E-state index in [-0.39, 0.29) is 18.9 Å². The maximum Gasteiger partial charge on any atom is 0.451 e. The molecule has 1 atom stereocenters. The SMILES string of the molecule is CCC(C(N)=O)N1CCn2c(nnc2C(F)(F)F)C1. The summed E-state index contributed by atoms with van der Waals surface area (Å²) in [5, 5.41) is 6.73. The summed E-state index contributed by atoms with van der Waals surface area (Å²) in [5.41, 5.74) is 5.27. The highest BCUT2D eigenvalue weighted by atomic mass is 19.4. The molecule has 0 saturated carbocycles. The second-order valence-corrected chi connectivity index (χ2v) is 4.39. The van der Waals surface area contributed by atoms with Crippen molar-refractivity contribution < 1.29 is 18.0 Å². The number of rotatable bonds is 3. The summed E-state index contributed by atoms with van der Waals surface area (Å²) in [6.45, 7) is 2.36. The van der Waals surface area contributed by atoms with E-state index < -0.39 is 23.9 Å². The predicted octanol–water partition coefficient (Wildman–Crippen LogP) is 0.376. The second kappa shape index (κ2) is 4.80. The van der Waals surface area contributed by atoms with Crippen LogP contribution in [-0.2, 0) is 24.1 Å². The van der Waals surface area contributed by atoms with Crippen LogP contribution in [0.25, 0.3) is 0 Å². The first kappa shape index (κ1) is 13.8. The lowest BCUT2D eigenvalue weighted by atomic mass is 10.1. The lowest BCUT2D eigenvalue weighted by Crippen LogP contribution is -2.48. The zero-order chi connectivity index (χ0) is 14.2. The van der Waals surface area contributed by atoms with Gasteiger partial charge in [0.25, 0.3) is 0 Å². The minimum Gasteiger partial charge on any atom is -0.368 e. The zero-order valence-corrected chi connectivity index (χ0v) is 10.3. The molecule has 2 heterocycles. The number of carbonyl (C=O) groups excluding carboxylic acids is 1. The van der Waals surface area contributed by atoms with Crippen LogP contribution in [0.4, 0.5) is 13.2 Å². The number of hydrogen-bond donors (Lipinski definition) is 1. The predicted molar refractivity (Wildman–Crippen MR) is 58.7 cm³/mol. The van der Waals surface area contributed by atoms with Gasteiger partial charge in [0.15, 0.2) is 0 Å². The third-order valence-corrected chi connectivity index (χ3v) is 3.19. The van der Waals surface area contributed by atoms with Gasteiger partial charge in [-0.1, -0.05) is 6.92 Å². The van der Waals surface area contributed by atoms with E-state index in [0.717, 1.165) is 4.57 Å². The molecule has 9 heteroatoms. The summed E-state index contributed by atoms with van der Waals surface area (Å²) in [6.07, 6.45) is -4.00. The van der Waals surface area contributed by atoms with Crippen molar-refractivity contribution in [3.63, 3.8) is 0 Å². The number of nitrogens with two attached hydrogens (primary N) is 1. The summed E-state index contributed by atoms with van der Waals surface area (Å²) < 4.78 is 39.0. The van der Waals surface area contributed by atoms with Crippen LogP contribution in [0.3, 0.4) is 0 Å². The number of aromatic nitrogens is 3. The first-order valence-corrected chi connectivity index (χ1v) is 5.87. The van der Waals surface area contributed by atoms with Crippen LogP contribution in [0.15, 0.2) is 0 Å². The summed E-state index contributed by atoms with van der Waals surface area (Å²) in [4.78, 5) is 13.0. The largest absolute Gasteiger partial charge is 0.451 e. The van der Waals surface area contributed by atoms with Gasteiger partial charge in [0.1, 0.15) is 5.82 Å². The minimum atomic E-state index is -4.51. The molecular weight excluding hydrogens is 263 g/mol. The van der Waals surface area contributed by atoms with Gasteiger partial charge >= 0.3 is 6.18 Å². The minimum absolute atomic E-state index is 0.0982. The number of primary amides is 1. The highest BCUT2D eigenvalue weighted by molar-refractivity contribution is 5.79. The van der Waals surface area contributed by atoms with E-state index in [0.29, 0.717) is 13.0 Å². The molecule has 1 aliphatic rings. The standard InChI is InChI=1S/C10H14F3N5O/c1-2-6(8(14)19)17-3-4-18-7(5-17)15-16-9(18)10(11,12)13/h6H,2-5H2,1H3,(H2,14,19). The van der Waals surface area contributed by atoms with E-state index >= 15 is 0 Å². The molecule has 2 N–H and O–H groups in total. The Labute approximate surface area is 107 Å². The molecule has 0 radical (unpaired) electrons. The number of fused-ring (bicyclic) bond motifs is 1. The lowest BCUT2D eigenvalue weighted by Gasteiger charge is -2.32. The Hall–Kier alpha value is -1.64. The molecule has 0 saturated heterocycles. The molecule has 0 aliphatic carbocycles. The molecule has 1 aromatic heterocycles. The van der Waals surface area contributed by atoms with E-state index in [9.17, 15) is 18.0 Å². The fourth-order valence-electron chi connectivity index (χ4n) is 2.29. The summed E-state index contributed by atoms with van der Waals surface area (Å²) in [7, 11) is 0. The van der Waals surface area contributed by atoms with Gasteiger partial charge in [0, 0.05) is 13.1 Å². The Morgan fingerprint density at radius 1 is 1.42 bits per heavy atom.